The van der Waals surface area contributed by atoms with Crippen molar-refractivity contribution in [2.45, 2.75) is 44.6 Å². The fourth-order valence-electron chi connectivity index (χ4n) is 4.31. The minimum Gasteiger partial charge on any atom is -0.356 e. The largest absolute Gasteiger partial charge is 0.356 e. The lowest BCUT2D eigenvalue weighted by Gasteiger charge is -2.32. The van der Waals surface area contributed by atoms with Gasteiger partial charge in [0.25, 0.3) is 0 Å². The van der Waals surface area contributed by atoms with Crippen molar-refractivity contribution in [3.8, 4) is 0 Å². The second-order valence-corrected chi connectivity index (χ2v) is 9.74. The first-order valence-electron chi connectivity index (χ1n) is 10.9. The van der Waals surface area contributed by atoms with Gasteiger partial charge in [-0.05, 0) is 69.3 Å². The molecular formula is C23H33FIN5S. The molecule has 0 spiro atoms. The third-order valence-corrected chi connectivity index (χ3v) is 7.25. The number of thiazole rings is 1. The highest BCUT2D eigenvalue weighted by Crippen LogP contribution is 2.47. The minimum atomic E-state index is -0.155. The molecule has 0 unspecified atom stereocenters. The molecule has 2 heterocycles. The molecule has 170 valence electrons. The van der Waals surface area contributed by atoms with Gasteiger partial charge >= 0.3 is 0 Å². The Labute approximate surface area is 206 Å². The lowest BCUT2D eigenvalue weighted by Crippen LogP contribution is -2.44. The van der Waals surface area contributed by atoms with E-state index >= 15 is 0 Å². The number of hydrogen-bond acceptors (Lipinski definition) is 4. The van der Waals surface area contributed by atoms with Crippen LogP contribution >= 0.6 is 35.3 Å². The van der Waals surface area contributed by atoms with Crippen LogP contribution in [0.1, 0.15) is 41.9 Å². The molecule has 2 aromatic rings. The summed E-state index contributed by atoms with van der Waals surface area (Å²) in [5, 5.41) is 10.3. The van der Waals surface area contributed by atoms with Crippen molar-refractivity contribution in [1.29, 1.82) is 0 Å². The summed E-state index contributed by atoms with van der Waals surface area (Å²) in [5.41, 5.74) is 2.35. The van der Waals surface area contributed by atoms with E-state index in [2.05, 4.69) is 37.8 Å². The van der Waals surface area contributed by atoms with Crippen LogP contribution in [0, 0.1) is 18.7 Å². The van der Waals surface area contributed by atoms with Crippen molar-refractivity contribution < 1.29 is 4.39 Å². The maximum atomic E-state index is 13.6. The molecule has 1 aromatic heterocycles. The molecule has 4 rings (SSSR count). The van der Waals surface area contributed by atoms with Gasteiger partial charge in [0.05, 0.1) is 10.7 Å². The lowest BCUT2D eigenvalue weighted by molar-refractivity contribution is 0.176. The monoisotopic (exact) mass is 557 g/mol. The average molecular weight is 558 g/mol. The molecule has 2 N–H and O–H groups in total. The van der Waals surface area contributed by atoms with Crippen LogP contribution in [0.25, 0.3) is 0 Å². The van der Waals surface area contributed by atoms with E-state index in [9.17, 15) is 4.39 Å². The van der Waals surface area contributed by atoms with Crippen LogP contribution in [0.2, 0.25) is 0 Å². The van der Waals surface area contributed by atoms with E-state index in [0.29, 0.717) is 5.92 Å². The summed E-state index contributed by atoms with van der Waals surface area (Å²) >= 11 is 1.73. The standard InChI is InChI=1S/C23H32FN5S.HI/c1-17-28-21(15-30-17)14-29-10-6-18(7-11-29)13-26-22(25-2)27-16-23(8-9-23)19-4-3-5-20(24)12-19;/h3-5,12,15,18H,6-11,13-14,16H2,1-2H3,(H2,25,26,27);1H. The molecule has 1 aliphatic heterocycles. The van der Waals surface area contributed by atoms with E-state index in [-0.39, 0.29) is 35.2 Å². The molecule has 1 aromatic carbocycles. The Balaban J connectivity index is 0.00000272. The van der Waals surface area contributed by atoms with Crippen molar-refractivity contribution in [3.05, 3.63) is 51.7 Å². The highest BCUT2D eigenvalue weighted by molar-refractivity contribution is 14.0. The van der Waals surface area contributed by atoms with Crippen molar-refractivity contribution in [3.63, 3.8) is 0 Å². The summed E-state index contributed by atoms with van der Waals surface area (Å²) in [6.07, 6.45) is 4.58. The van der Waals surface area contributed by atoms with Gasteiger partial charge in [-0.3, -0.25) is 9.89 Å². The first-order chi connectivity index (χ1) is 14.6. The van der Waals surface area contributed by atoms with Crippen LogP contribution in [0.15, 0.2) is 34.6 Å². The van der Waals surface area contributed by atoms with Gasteiger partial charge in [0.2, 0.25) is 0 Å². The van der Waals surface area contributed by atoms with Crippen LogP contribution in [0.3, 0.4) is 0 Å². The molecule has 1 saturated heterocycles. The summed E-state index contributed by atoms with van der Waals surface area (Å²) in [4.78, 5) is 11.5. The van der Waals surface area contributed by atoms with E-state index in [1.54, 1.807) is 23.5 Å². The smallest absolute Gasteiger partial charge is 0.191 e. The predicted molar refractivity (Wildman–Crippen MR) is 137 cm³/mol. The topological polar surface area (TPSA) is 52.6 Å². The van der Waals surface area contributed by atoms with Gasteiger partial charge in [-0.15, -0.1) is 35.3 Å². The van der Waals surface area contributed by atoms with E-state index < -0.39 is 0 Å². The Morgan fingerprint density at radius 3 is 2.68 bits per heavy atom. The number of aryl methyl sites for hydroxylation is 1. The highest BCUT2D eigenvalue weighted by atomic mass is 127. The van der Waals surface area contributed by atoms with E-state index in [4.69, 9.17) is 0 Å². The molecule has 2 fully saturated rings. The van der Waals surface area contributed by atoms with Gasteiger partial charge in [0, 0.05) is 37.5 Å². The molecular weight excluding hydrogens is 524 g/mol. The number of benzene rings is 1. The third kappa shape index (κ3) is 6.61. The van der Waals surface area contributed by atoms with Gasteiger partial charge in [0.15, 0.2) is 5.96 Å². The first kappa shape index (κ1) is 24.4. The Kier molecular flexibility index (Phi) is 8.69. The summed E-state index contributed by atoms with van der Waals surface area (Å²) in [5.74, 6) is 1.35. The normalized spacial score (nSPS) is 19.0. The molecule has 2 aliphatic rings. The zero-order valence-electron chi connectivity index (χ0n) is 18.4. The number of halogens is 2. The summed E-state index contributed by atoms with van der Waals surface area (Å²) in [6, 6.07) is 7.02. The minimum absolute atomic E-state index is 0. The lowest BCUT2D eigenvalue weighted by atomic mass is 9.96. The second-order valence-electron chi connectivity index (χ2n) is 8.67. The zero-order chi connectivity index (χ0) is 21.0. The van der Waals surface area contributed by atoms with Gasteiger partial charge < -0.3 is 10.6 Å². The third-order valence-electron chi connectivity index (χ3n) is 6.43. The van der Waals surface area contributed by atoms with Crippen LogP contribution < -0.4 is 10.6 Å². The fraction of sp³-hybridized carbons (Fsp3) is 0.565. The van der Waals surface area contributed by atoms with Crippen LogP contribution in [0.4, 0.5) is 4.39 Å². The van der Waals surface area contributed by atoms with E-state index in [1.807, 2.05) is 13.1 Å². The van der Waals surface area contributed by atoms with Gasteiger partial charge in [-0.25, -0.2) is 9.37 Å². The molecule has 0 bridgehead atoms. The van der Waals surface area contributed by atoms with Crippen molar-refractivity contribution in [2.75, 3.05) is 33.2 Å². The van der Waals surface area contributed by atoms with Crippen molar-refractivity contribution >= 4 is 41.3 Å². The SMILES string of the molecule is CN=C(NCC1CCN(Cc2csc(C)n2)CC1)NCC1(c2cccc(F)c2)CC1.I. The Hall–Kier alpha value is -1.26. The number of nitrogens with one attached hydrogen (secondary N) is 2. The van der Waals surface area contributed by atoms with Gasteiger partial charge in [-0.1, -0.05) is 12.1 Å². The van der Waals surface area contributed by atoms with Gasteiger partial charge in [0.1, 0.15) is 5.82 Å². The van der Waals surface area contributed by atoms with Crippen LogP contribution in [-0.2, 0) is 12.0 Å². The van der Waals surface area contributed by atoms with E-state index in [0.717, 1.165) is 62.1 Å². The molecule has 31 heavy (non-hydrogen) atoms. The number of rotatable bonds is 7. The summed E-state index contributed by atoms with van der Waals surface area (Å²) in [7, 11) is 1.82. The molecule has 5 nitrogen and oxygen atoms in total. The Bertz CT molecular complexity index is 874. The number of piperidine rings is 1. The summed E-state index contributed by atoms with van der Waals surface area (Å²) in [6.45, 7) is 7.01. The Morgan fingerprint density at radius 2 is 2.06 bits per heavy atom. The number of likely N-dealkylation sites (tertiary alicyclic amines) is 1. The molecule has 1 saturated carbocycles. The number of aromatic nitrogens is 1. The maximum Gasteiger partial charge on any atom is 0.191 e. The maximum absolute atomic E-state index is 13.6. The molecule has 1 aliphatic carbocycles. The molecule has 8 heteroatoms. The number of guanidine groups is 1. The summed E-state index contributed by atoms with van der Waals surface area (Å²) < 4.78 is 13.6. The second kappa shape index (κ2) is 11.0. The van der Waals surface area contributed by atoms with Crippen LogP contribution in [0.5, 0.6) is 0 Å². The quantitative estimate of drug-likeness (QED) is 0.303. The van der Waals surface area contributed by atoms with Gasteiger partial charge in [-0.2, -0.15) is 0 Å². The molecule has 0 radical (unpaired) electrons. The number of nitrogens with zero attached hydrogens (tertiary/aromatic N) is 3. The average Bonchev–Trinajstić information content (AvgIpc) is 3.44. The van der Waals surface area contributed by atoms with E-state index in [1.165, 1.54) is 24.6 Å². The zero-order valence-corrected chi connectivity index (χ0v) is 21.5. The molecule has 0 atom stereocenters. The number of aliphatic imine (C=N–C) groups is 1. The Morgan fingerprint density at radius 1 is 1.29 bits per heavy atom. The predicted octanol–water partition coefficient (Wildman–Crippen LogP) is 4.32. The first-order valence-corrected chi connectivity index (χ1v) is 11.8. The van der Waals surface area contributed by atoms with Crippen LogP contribution in [-0.4, -0.2) is 49.1 Å². The highest BCUT2D eigenvalue weighted by Gasteiger charge is 2.44. The van der Waals surface area contributed by atoms with Crippen molar-refractivity contribution in [1.82, 2.24) is 20.5 Å². The number of hydrogen-bond donors (Lipinski definition) is 2. The van der Waals surface area contributed by atoms with Crippen molar-refractivity contribution in [2.24, 2.45) is 10.9 Å². The fourth-order valence-corrected chi connectivity index (χ4v) is 4.91. The molecule has 0 amide bonds.